The molecular formula is C16H29Cl2N5OS. The molecule has 25 heavy (non-hydrogen) atoms. The van der Waals surface area contributed by atoms with E-state index in [1.165, 1.54) is 24.4 Å². The Morgan fingerprint density at radius 1 is 1.32 bits per heavy atom. The lowest BCUT2D eigenvalue weighted by molar-refractivity contribution is -0.132. The Bertz CT molecular complexity index is 530. The van der Waals surface area contributed by atoms with Crippen LogP contribution >= 0.6 is 36.3 Å². The molecular weight excluding hydrogens is 381 g/mol. The van der Waals surface area contributed by atoms with Crippen molar-refractivity contribution >= 4 is 47.4 Å². The zero-order valence-corrected chi connectivity index (χ0v) is 17.4. The van der Waals surface area contributed by atoms with Gasteiger partial charge < -0.3 is 15.1 Å². The van der Waals surface area contributed by atoms with E-state index < -0.39 is 0 Å². The van der Waals surface area contributed by atoms with Crippen molar-refractivity contribution in [1.82, 2.24) is 19.6 Å². The smallest absolute Gasteiger partial charge is 0.222 e. The van der Waals surface area contributed by atoms with E-state index in [1.54, 1.807) is 0 Å². The van der Waals surface area contributed by atoms with Crippen molar-refractivity contribution in [2.24, 2.45) is 11.8 Å². The third-order valence-corrected chi connectivity index (χ3v) is 5.92. The summed E-state index contributed by atoms with van der Waals surface area (Å²) in [5.41, 5.74) is 0. The standard InChI is InChI=1S/C16H27N5OS.2ClH/c1-12(14-4-3-5-17-11-14)10-15(22)20-6-8-21(9-7-20)16-18-13(2)19-23-16;;/h12,14,17H,3-11H2,1-2H3;2*1H. The van der Waals surface area contributed by atoms with Crippen LogP contribution in [0, 0.1) is 18.8 Å². The molecule has 0 aromatic carbocycles. The van der Waals surface area contributed by atoms with Gasteiger partial charge in [-0.25, -0.2) is 4.98 Å². The molecule has 144 valence electrons. The molecule has 3 rings (SSSR count). The van der Waals surface area contributed by atoms with Gasteiger partial charge in [0, 0.05) is 44.1 Å². The quantitative estimate of drug-likeness (QED) is 0.826. The van der Waals surface area contributed by atoms with Crippen LogP contribution in [-0.2, 0) is 4.79 Å². The molecule has 6 nitrogen and oxygen atoms in total. The maximum absolute atomic E-state index is 12.6. The van der Waals surface area contributed by atoms with Crippen LogP contribution in [0.4, 0.5) is 5.13 Å². The van der Waals surface area contributed by atoms with Crippen molar-refractivity contribution in [1.29, 1.82) is 0 Å². The van der Waals surface area contributed by atoms with E-state index >= 15 is 0 Å². The van der Waals surface area contributed by atoms with E-state index in [4.69, 9.17) is 0 Å². The Labute approximate surface area is 166 Å². The Balaban J connectivity index is 0.00000156. The predicted octanol–water partition coefficient (Wildman–Crippen LogP) is 2.36. The molecule has 1 aromatic rings. The number of hydrogen-bond donors (Lipinski definition) is 1. The fourth-order valence-corrected chi connectivity index (χ4v) is 4.22. The van der Waals surface area contributed by atoms with Gasteiger partial charge in [-0.2, -0.15) is 4.37 Å². The number of piperazine rings is 1. The number of aromatic nitrogens is 2. The fourth-order valence-electron chi connectivity index (χ4n) is 3.50. The van der Waals surface area contributed by atoms with Crippen LogP contribution in [0.5, 0.6) is 0 Å². The van der Waals surface area contributed by atoms with Gasteiger partial charge in [-0.05, 0) is 44.7 Å². The molecule has 1 N–H and O–H groups in total. The molecule has 2 aliphatic rings. The van der Waals surface area contributed by atoms with Gasteiger partial charge in [-0.15, -0.1) is 24.8 Å². The maximum atomic E-state index is 12.6. The second-order valence-corrected chi connectivity index (χ2v) is 7.51. The molecule has 2 aliphatic heterocycles. The number of piperidine rings is 1. The minimum atomic E-state index is 0. The van der Waals surface area contributed by atoms with Crippen LogP contribution in [0.1, 0.15) is 32.0 Å². The van der Waals surface area contributed by atoms with Crippen LogP contribution < -0.4 is 10.2 Å². The molecule has 0 aliphatic carbocycles. The highest BCUT2D eigenvalue weighted by molar-refractivity contribution is 7.09. The lowest BCUT2D eigenvalue weighted by atomic mass is 9.85. The molecule has 2 fully saturated rings. The second kappa shape index (κ2) is 10.5. The van der Waals surface area contributed by atoms with Crippen molar-refractivity contribution < 1.29 is 4.79 Å². The highest BCUT2D eigenvalue weighted by Crippen LogP contribution is 2.24. The largest absolute Gasteiger partial charge is 0.343 e. The SMILES string of the molecule is Cc1nsc(N2CCN(C(=O)CC(C)C3CCCNC3)CC2)n1.Cl.Cl. The minimum absolute atomic E-state index is 0. The van der Waals surface area contributed by atoms with Crippen molar-refractivity contribution in [2.45, 2.75) is 33.1 Å². The van der Waals surface area contributed by atoms with Gasteiger partial charge >= 0.3 is 0 Å². The summed E-state index contributed by atoms with van der Waals surface area (Å²) in [7, 11) is 0. The number of carbonyl (C=O) groups excluding carboxylic acids is 1. The van der Waals surface area contributed by atoms with E-state index in [-0.39, 0.29) is 24.8 Å². The van der Waals surface area contributed by atoms with E-state index in [9.17, 15) is 4.79 Å². The number of carbonyl (C=O) groups is 1. The van der Waals surface area contributed by atoms with Gasteiger partial charge in [-0.3, -0.25) is 4.79 Å². The van der Waals surface area contributed by atoms with Gasteiger partial charge in [0.15, 0.2) is 0 Å². The maximum Gasteiger partial charge on any atom is 0.222 e. The number of nitrogens with zero attached hydrogens (tertiary/aromatic N) is 4. The average molecular weight is 410 g/mol. The molecule has 2 saturated heterocycles. The van der Waals surface area contributed by atoms with Crippen molar-refractivity contribution in [2.75, 3.05) is 44.2 Å². The summed E-state index contributed by atoms with van der Waals surface area (Å²) in [5, 5.41) is 4.43. The van der Waals surface area contributed by atoms with Gasteiger partial charge in [0.05, 0.1) is 0 Å². The fraction of sp³-hybridized carbons (Fsp3) is 0.812. The lowest BCUT2D eigenvalue weighted by Gasteiger charge is -2.36. The number of amides is 1. The summed E-state index contributed by atoms with van der Waals surface area (Å²) in [4.78, 5) is 21.3. The topological polar surface area (TPSA) is 61.4 Å². The van der Waals surface area contributed by atoms with Crippen LogP contribution in [-0.4, -0.2) is 59.4 Å². The number of rotatable bonds is 4. The molecule has 2 atom stereocenters. The monoisotopic (exact) mass is 409 g/mol. The highest BCUT2D eigenvalue weighted by atomic mass is 35.5. The molecule has 0 spiro atoms. The van der Waals surface area contributed by atoms with E-state index in [2.05, 4.69) is 26.5 Å². The summed E-state index contributed by atoms with van der Waals surface area (Å²) < 4.78 is 4.24. The van der Waals surface area contributed by atoms with Crippen molar-refractivity contribution in [3.05, 3.63) is 5.82 Å². The van der Waals surface area contributed by atoms with Gasteiger partial charge in [0.2, 0.25) is 11.0 Å². The number of hydrogen-bond acceptors (Lipinski definition) is 6. The summed E-state index contributed by atoms with van der Waals surface area (Å²) in [6.45, 7) is 9.67. The molecule has 0 bridgehead atoms. The third-order valence-electron chi connectivity index (χ3n) is 5.06. The average Bonchev–Trinajstić information content (AvgIpc) is 3.02. The summed E-state index contributed by atoms with van der Waals surface area (Å²) in [6, 6.07) is 0. The number of aryl methyl sites for hydroxylation is 1. The molecule has 1 aromatic heterocycles. The molecule has 2 unspecified atom stereocenters. The first-order chi connectivity index (χ1) is 11.1. The van der Waals surface area contributed by atoms with Crippen LogP contribution in [0.25, 0.3) is 0 Å². The van der Waals surface area contributed by atoms with Crippen molar-refractivity contribution in [3.8, 4) is 0 Å². The van der Waals surface area contributed by atoms with Crippen LogP contribution in [0.15, 0.2) is 0 Å². The number of anilines is 1. The summed E-state index contributed by atoms with van der Waals surface area (Å²) in [6.07, 6.45) is 3.18. The molecule has 0 radical (unpaired) electrons. The molecule has 1 amide bonds. The minimum Gasteiger partial charge on any atom is -0.343 e. The lowest BCUT2D eigenvalue weighted by Crippen LogP contribution is -2.49. The van der Waals surface area contributed by atoms with E-state index in [0.717, 1.165) is 50.2 Å². The molecule has 0 saturated carbocycles. The normalized spacial score (nSPS) is 21.9. The first-order valence-electron chi connectivity index (χ1n) is 8.67. The van der Waals surface area contributed by atoms with E-state index in [0.29, 0.717) is 24.2 Å². The Morgan fingerprint density at radius 2 is 2.04 bits per heavy atom. The predicted molar refractivity (Wildman–Crippen MR) is 107 cm³/mol. The first-order valence-corrected chi connectivity index (χ1v) is 9.44. The Hall–Kier alpha value is -0.630. The number of nitrogens with one attached hydrogen (secondary N) is 1. The van der Waals surface area contributed by atoms with Gasteiger partial charge in [0.25, 0.3) is 0 Å². The van der Waals surface area contributed by atoms with Gasteiger partial charge in [-0.1, -0.05) is 6.92 Å². The van der Waals surface area contributed by atoms with Crippen LogP contribution in [0.2, 0.25) is 0 Å². The first kappa shape index (κ1) is 22.4. The summed E-state index contributed by atoms with van der Waals surface area (Å²) in [5.74, 6) is 2.27. The molecule has 3 heterocycles. The van der Waals surface area contributed by atoms with Crippen LogP contribution in [0.3, 0.4) is 0 Å². The zero-order valence-electron chi connectivity index (χ0n) is 14.9. The van der Waals surface area contributed by atoms with Crippen molar-refractivity contribution in [3.63, 3.8) is 0 Å². The second-order valence-electron chi connectivity index (χ2n) is 6.78. The Kier molecular flexibility index (Phi) is 9.41. The summed E-state index contributed by atoms with van der Waals surface area (Å²) >= 11 is 1.45. The highest BCUT2D eigenvalue weighted by Gasteiger charge is 2.27. The number of halogens is 2. The molecule has 9 heteroatoms. The third kappa shape index (κ3) is 5.94. The Morgan fingerprint density at radius 3 is 2.60 bits per heavy atom. The zero-order chi connectivity index (χ0) is 16.2. The van der Waals surface area contributed by atoms with Gasteiger partial charge in [0.1, 0.15) is 5.82 Å². The van der Waals surface area contributed by atoms with E-state index in [1.807, 2.05) is 11.8 Å².